The van der Waals surface area contributed by atoms with E-state index >= 15 is 0 Å². The Morgan fingerprint density at radius 1 is 0.765 bits per heavy atom. The van der Waals surface area contributed by atoms with Crippen LogP contribution in [-0.4, -0.2) is 0 Å². The monoisotopic (exact) mass is 239 g/mol. The van der Waals surface area contributed by atoms with Crippen molar-refractivity contribution in [3.8, 4) is 0 Å². The molecule has 0 saturated carbocycles. The Hall–Kier alpha value is -1.86. The van der Waals surface area contributed by atoms with E-state index in [1.807, 2.05) is 48.5 Å². The molecule has 0 amide bonds. The van der Waals surface area contributed by atoms with E-state index in [2.05, 4.69) is 17.1 Å². The Balaban J connectivity index is 2.52. The maximum atomic E-state index is 6.27. The van der Waals surface area contributed by atoms with Crippen molar-refractivity contribution >= 4 is 28.9 Å². The largest absolute Gasteiger partial charge is 0.235 e. The highest BCUT2D eigenvalue weighted by Crippen LogP contribution is 1.98. The lowest BCUT2D eigenvalue weighted by Crippen LogP contribution is -2.30. The number of fused-ring (bicyclic) bond motifs is 2. The standard InChI is InChI=1S/C15H10ClN/c16-15-13-7-3-1-5-11(13)9-10-12-6-2-4-8-14(12)17-15/h1-10H/b10-9?,11-9-,12-10-,15-13-,17-14-,17-15?. The molecule has 2 heteroatoms. The predicted octanol–water partition coefficient (Wildman–Crippen LogP) is 0.886. The minimum Gasteiger partial charge on any atom is -0.235 e. The lowest BCUT2D eigenvalue weighted by molar-refractivity contribution is 1.32. The summed E-state index contributed by atoms with van der Waals surface area (Å²) in [4.78, 5) is 4.47. The lowest BCUT2D eigenvalue weighted by Gasteiger charge is -1.97. The molecule has 1 aliphatic heterocycles. The first kappa shape index (κ1) is 10.3. The van der Waals surface area contributed by atoms with Gasteiger partial charge in [-0.05, 0) is 11.3 Å². The number of hydrogen-bond acceptors (Lipinski definition) is 1. The van der Waals surface area contributed by atoms with Gasteiger partial charge in [0.05, 0.1) is 5.36 Å². The zero-order chi connectivity index (χ0) is 11.7. The van der Waals surface area contributed by atoms with Gasteiger partial charge in [0, 0.05) is 10.4 Å². The smallest absolute Gasteiger partial charge is 0.137 e. The molecule has 0 N–H and O–H groups in total. The van der Waals surface area contributed by atoms with E-state index in [4.69, 9.17) is 11.6 Å². The van der Waals surface area contributed by atoms with Crippen LogP contribution < -0.4 is 21.0 Å². The van der Waals surface area contributed by atoms with Crippen LogP contribution in [0.15, 0.2) is 53.5 Å². The fourth-order valence-corrected chi connectivity index (χ4v) is 2.17. The number of hydrogen-bond donors (Lipinski definition) is 0. The van der Waals surface area contributed by atoms with E-state index in [1.54, 1.807) is 0 Å². The van der Waals surface area contributed by atoms with Gasteiger partial charge in [-0.25, -0.2) is 4.99 Å². The number of benzene rings is 2. The van der Waals surface area contributed by atoms with Crippen molar-refractivity contribution < 1.29 is 0 Å². The molecule has 1 heterocycles. The van der Waals surface area contributed by atoms with Gasteiger partial charge in [-0.2, -0.15) is 0 Å². The highest BCUT2D eigenvalue weighted by atomic mass is 35.5. The van der Waals surface area contributed by atoms with Gasteiger partial charge >= 0.3 is 0 Å². The summed E-state index contributed by atoms with van der Waals surface area (Å²) in [5.74, 6) is 0. The normalized spacial score (nSPS) is 22.3. The first-order chi connectivity index (χ1) is 8.34. The molecule has 0 atom stereocenters. The van der Waals surface area contributed by atoms with Crippen LogP contribution in [0.2, 0.25) is 0 Å². The molecule has 2 aromatic rings. The Morgan fingerprint density at radius 2 is 1.41 bits per heavy atom. The zero-order valence-electron chi connectivity index (χ0n) is 9.10. The van der Waals surface area contributed by atoms with Crippen molar-refractivity contribution in [2.24, 2.45) is 4.99 Å². The molecule has 17 heavy (non-hydrogen) atoms. The third-order valence-corrected chi connectivity index (χ3v) is 3.07. The van der Waals surface area contributed by atoms with E-state index in [0.717, 1.165) is 21.0 Å². The van der Waals surface area contributed by atoms with Crippen LogP contribution in [0.25, 0.3) is 17.3 Å². The average Bonchev–Trinajstić information content (AvgIpc) is 2.36. The molecule has 0 saturated heterocycles. The van der Waals surface area contributed by atoms with Crippen LogP contribution in [0.4, 0.5) is 0 Å². The molecule has 0 fully saturated rings. The van der Waals surface area contributed by atoms with Gasteiger partial charge in [0.25, 0.3) is 0 Å². The fraction of sp³-hybridized carbons (Fsp3) is 0. The number of para-hydroxylation sites is 1. The molecule has 0 radical (unpaired) electrons. The highest BCUT2D eigenvalue weighted by Gasteiger charge is 1.95. The van der Waals surface area contributed by atoms with Crippen molar-refractivity contribution in [1.29, 1.82) is 0 Å². The minimum atomic E-state index is 0.539. The van der Waals surface area contributed by atoms with Crippen LogP contribution in [0, 0.1) is 0 Å². The Kier molecular flexibility index (Phi) is 2.54. The van der Waals surface area contributed by atoms with Crippen molar-refractivity contribution in [3.05, 3.63) is 69.5 Å². The lowest BCUT2D eigenvalue weighted by atomic mass is 10.2. The molecule has 82 valence electrons. The predicted molar refractivity (Wildman–Crippen MR) is 71.1 cm³/mol. The van der Waals surface area contributed by atoms with Gasteiger partial charge in [0.15, 0.2) is 0 Å². The first-order valence-electron chi connectivity index (χ1n) is 5.45. The van der Waals surface area contributed by atoms with E-state index < -0.39 is 0 Å². The molecular weight excluding hydrogens is 230 g/mol. The topological polar surface area (TPSA) is 12.4 Å². The van der Waals surface area contributed by atoms with Crippen LogP contribution in [-0.2, 0) is 0 Å². The minimum absolute atomic E-state index is 0.539. The maximum absolute atomic E-state index is 6.27. The second kappa shape index (κ2) is 4.19. The summed E-state index contributed by atoms with van der Waals surface area (Å²) < 4.78 is 0. The molecule has 0 spiro atoms. The van der Waals surface area contributed by atoms with E-state index in [0.29, 0.717) is 5.16 Å². The van der Waals surface area contributed by atoms with Crippen molar-refractivity contribution in [1.82, 2.24) is 0 Å². The first-order valence-corrected chi connectivity index (χ1v) is 5.83. The average molecular weight is 240 g/mol. The van der Waals surface area contributed by atoms with Crippen LogP contribution in [0.1, 0.15) is 0 Å². The summed E-state index contributed by atoms with van der Waals surface area (Å²) in [6, 6.07) is 16.0. The summed E-state index contributed by atoms with van der Waals surface area (Å²) in [5.41, 5.74) is 0. The molecule has 1 aliphatic rings. The van der Waals surface area contributed by atoms with Crippen molar-refractivity contribution in [3.63, 3.8) is 0 Å². The molecular formula is C15H10ClN. The summed E-state index contributed by atoms with van der Waals surface area (Å²) in [6.07, 6.45) is 4.15. The quantitative estimate of drug-likeness (QED) is 0.606. The molecule has 0 aromatic heterocycles. The Morgan fingerprint density at radius 3 is 2.29 bits per heavy atom. The van der Waals surface area contributed by atoms with Crippen molar-refractivity contribution in [2.45, 2.75) is 0 Å². The molecule has 0 unspecified atom stereocenters. The number of halogens is 1. The summed E-state index contributed by atoms with van der Waals surface area (Å²) in [5, 5.41) is 4.59. The summed E-state index contributed by atoms with van der Waals surface area (Å²) >= 11 is 6.27. The summed E-state index contributed by atoms with van der Waals surface area (Å²) in [6.45, 7) is 0. The number of rotatable bonds is 0. The Labute approximate surface area is 104 Å². The SMILES string of the molecule is ClC1=c2\cccc\c2=C\C=c2\cccc\c2=N\1. The van der Waals surface area contributed by atoms with Crippen LogP contribution >= 0.6 is 11.6 Å². The van der Waals surface area contributed by atoms with Crippen LogP contribution in [0.3, 0.4) is 0 Å². The van der Waals surface area contributed by atoms with E-state index in [1.165, 1.54) is 0 Å². The van der Waals surface area contributed by atoms with Gasteiger partial charge in [0.1, 0.15) is 5.16 Å². The van der Waals surface area contributed by atoms with E-state index in [-0.39, 0.29) is 0 Å². The van der Waals surface area contributed by atoms with Crippen molar-refractivity contribution in [2.75, 3.05) is 0 Å². The van der Waals surface area contributed by atoms with E-state index in [9.17, 15) is 0 Å². The molecule has 1 nitrogen and oxygen atoms in total. The molecule has 3 rings (SSSR count). The molecule has 2 aromatic carbocycles. The second-order valence-electron chi connectivity index (χ2n) is 3.88. The Bertz CT molecular complexity index is 803. The van der Waals surface area contributed by atoms with Gasteiger partial charge in [-0.1, -0.05) is 66.2 Å². The van der Waals surface area contributed by atoms with Crippen LogP contribution in [0.5, 0.6) is 0 Å². The molecule has 0 aliphatic carbocycles. The third-order valence-electron chi connectivity index (χ3n) is 2.78. The number of nitrogens with zero attached hydrogens (tertiary/aromatic N) is 1. The zero-order valence-corrected chi connectivity index (χ0v) is 9.85. The maximum Gasteiger partial charge on any atom is 0.137 e. The van der Waals surface area contributed by atoms with Gasteiger partial charge < -0.3 is 0 Å². The van der Waals surface area contributed by atoms with Gasteiger partial charge in [-0.15, -0.1) is 0 Å². The highest BCUT2D eigenvalue weighted by molar-refractivity contribution is 6.44. The fourth-order valence-electron chi connectivity index (χ4n) is 1.91. The molecule has 0 bridgehead atoms. The third kappa shape index (κ3) is 1.90. The van der Waals surface area contributed by atoms with Gasteiger partial charge in [0.2, 0.25) is 0 Å². The van der Waals surface area contributed by atoms with Gasteiger partial charge in [-0.3, -0.25) is 0 Å². The summed E-state index contributed by atoms with van der Waals surface area (Å²) in [7, 11) is 0. The second-order valence-corrected chi connectivity index (χ2v) is 4.24.